The second-order valence-electron chi connectivity index (χ2n) is 4.59. The minimum Gasteiger partial charge on any atom is -0.481 e. The second-order valence-corrected chi connectivity index (χ2v) is 4.59. The Hall–Kier alpha value is -1.46. The maximum absolute atomic E-state index is 13.2. The number of aliphatic carboxylic acids is 1. The highest BCUT2D eigenvalue weighted by molar-refractivity contribution is 5.81. The number of rotatable bonds is 6. The molecule has 0 amide bonds. The molecule has 0 spiro atoms. The van der Waals surface area contributed by atoms with E-state index in [0.29, 0.717) is 5.56 Å². The predicted octanol–water partition coefficient (Wildman–Crippen LogP) is 1.13. The van der Waals surface area contributed by atoms with Crippen molar-refractivity contribution in [2.75, 3.05) is 13.2 Å². The van der Waals surface area contributed by atoms with Crippen LogP contribution in [0.5, 0.6) is 0 Å². The summed E-state index contributed by atoms with van der Waals surface area (Å²) in [5.41, 5.74) is 4.58. The van der Waals surface area contributed by atoms with E-state index in [0.717, 1.165) is 0 Å². The van der Waals surface area contributed by atoms with Crippen molar-refractivity contribution in [2.45, 2.75) is 18.8 Å². The van der Waals surface area contributed by atoms with Gasteiger partial charge in [0, 0.05) is 13.2 Å². The third-order valence-corrected chi connectivity index (χ3v) is 3.14. The molecule has 2 unspecified atom stereocenters. The van der Waals surface area contributed by atoms with E-state index >= 15 is 0 Å². The molecule has 0 radical (unpaired) electrons. The first-order chi connectivity index (χ1) is 8.46. The molecule has 0 aliphatic carbocycles. The van der Waals surface area contributed by atoms with Gasteiger partial charge in [-0.3, -0.25) is 4.79 Å². The minimum absolute atomic E-state index is 0.135. The average molecular weight is 255 g/mol. The van der Waals surface area contributed by atoms with Crippen LogP contribution >= 0.6 is 0 Å². The number of hydrogen-bond acceptors (Lipinski definition) is 3. The van der Waals surface area contributed by atoms with Gasteiger partial charge in [-0.05, 0) is 30.0 Å². The first-order valence-corrected chi connectivity index (χ1v) is 5.76. The summed E-state index contributed by atoms with van der Waals surface area (Å²) in [5.74, 6) is -1.83. The van der Waals surface area contributed by atoms with Gasteiger partial charge in [-0.2, -0.15) is 0 Å². The monoisotopic (exact) mass is 255 g/mol. The van der Waals surface area contributed by atoms with Crippen molar-refractivity contribution < 1.29 is 19.4 Å². The van der Waals surface area contributed by atoms with Crippen LogP contribution in [0.25, 0.3) is 0 Å². The van der Waals surface area contributed by atoms with Crippen molar-refractivity contribution in [1.29, 1.82) is 0 Å². The van der Waals surface area contributed by atoms with Gasteiger partial charge < -0.3 is 15.9 Å². The summed E-state index contributed by atoms with van der Waals surface area (Å²) in [6.07, 6.45) is 0.165. The average Bonchev–Trinajstić information content (AvgIpc) is 2.35. The molecule has 4 nitrogen and oxygen atoms in total. The van der Waals surface area contributed by atoms with Gasteiger partial charge in [0.05, 0.1) is 0 Å². The van der Waals surface area contributed by atoms with E-state index in [1.165, 1.54) is 18.2 Å². The molecule has 0 saturated heterocycles. The number of hydrogen-bond donors (Lipinski definition) is 3. The lowest BCUT2D eigenvalue weighted by Crippen LogP contribution is -2.44. The van der Waals surface area contributed by atoms with Gasteiger partial charge in [0.25, 0.3) is 0 Å². The molecule has 18 heavy (non-hydrogen) atoms. The normalized spacial score (nSPS) is 16.0. The lowest BCUT2D eigenvalue weighted by Gasteiger charge is -2.30. The van der Waals surface area contributed by atoms with Crippen LogP contribution in [0.4, 0.5) is 4.39 Å². The summed E-state index contributed by atoms with van der Waals surface area (Å²) in [6.45, 7) is 1.45. The lowest BCUT2D eigenvalue weighted by atomic mass is 9.74. The molecule has 1 aromatic rings. The molecule has 0 fully saturated rings. The Morgan fingerprint density at radius 3 is 2.67 bits per heavy atom. The molecular formula is C13H18FNO3. The summed E-state index contributed by atoms with van der Waals surface area (Å²) in [4.78, 5) is 11.5. The van der Waals surface area contributed by atoms with E-state index < -0.39 is 17.2 Å². The molecule has 0 bridgehead atoms. The Morgan fingerprint density at radius 1 is 1.56 bits per heavy atom. The lowest BCUT2D eigenvalue weighted by molar-refractivity contribution is -0.144. The number of nitrogens with two attached hydrogens (primary N) is 1. The van der Waals surface area contributed by atoms with Gasteiger partial charge in [-0.25, -0.2) is 4.39 Å². The Labute approximate surface area is 105 Å². The highest BCUT2D eigenvalue weighted by atomic mass is 19.1. The number of carboxylic acid groups (broad SMARTS) is 1. The molecule has 5 heteroatoms. The van der Waals surface area contributed by atoms with Crippen molar-refractivity contribution in [3.8, 4) is 0 Å². The molecule has 2 atom stereocenters. The van der Waals surface area contributed by atoms with Gasteiger partial charge in [-0.1, -0.05) is 19.1 Å². The van der Waals surface area contributed by atoms with Crippen molar-refractivity contribution in [1.82, 2.24) is 0 Å². The molecular weight excluding hydrogens is 237 g/mol. The fourth-order valence-corrected chi connectivity index (χ4v) is 2.06. The second kappa shape index (κ2) is 5.93. The Morgan fingerprint density at radius 2 is 2.22 bits per heavy atom. The maximum Gasteiger partial charge on any atom is 0.315 e. The maximum atomic E-state index is 13.2. The zero-order chi connectivity index (χ0) is 13.8. The molecule has 4 N–H and O–H groups in total. The molecule has 0 aliphatic rings. The minimum atomic E-state index is -1.36. The summed E-state index contributed by atoms with van der Waals surface area (Å²) in [7, 11) is 0. The zero-order valence-electron chi connectivity index (χ0n) is 10.3. The van der Waals surface area contributed by atoms with Gasteiger partial charge in [-0.15, -0.1) is 0 Å². The summed E-state index contributed by atoms with van der Waals surface area (Å²) in [6, 6.07) is 5.45. The van der Waals surface area contributed by atoms with Crippen molar-refractivity contribution in [2.24, 2.45) is 11.7 Å². The van der Waals surface area contributed by atoms with Gasteiger partial charge >= 0.3 is 5.97 Å². The van der Waals surface area contributed by atoms with E-state index in [-0.39, 0.29) is 25.5 Å². The van der Waals surface area contributed by atoms with Crippen LogP contribution in [0.1, 0.15) is 18.9 Å². The molecule has 1 rings (SSSR count). The molecule has 100 valence electrons. The third-order valence-electron chi connectivity index (χ3n) is 3.14. The highest BCUT2D eigenvalue weighted by Crippen LogP contribution is 2.31. The first kappa shape index (κ1) is 14.6. The van der Waals surface area contributed by atoms with Crippen LogP contribution in [-0.2, 0) is 10.2 Å². The Bertz CT molecular complexity index is 424. The van der Waals surface area contributed by atoms with E-state index in [1.54, 1.807) is 13.0 Å². The fraction of sp³-hybridized carbons (Fsp3) is 0.462. The first-order valence-electron chi connectivity index (χ1n) is 5.76. The number of halogens is 1. The molecule has 0 heterocycles. The molecule has 0 aliphatic heterocycles. The highest BCUT2D eigenvalue weighted by Gasteiger charge is 2.40. The van der Waals surface area contributed by atoms with Gasteiger partial charge in [0.1, 0.15) is 11.2 Å². The van der Waals surface area contributed by atoms with Crippen LogP contribution in [0, 0.1) is 11.7 Å². The van der Waals surface area contributed by atoms with Crippen molar-refractivity contribution in [3.63, 3.8) is 0 Å². The number of aliphatic hydroxyl groups excluding tert-OH is 1. The third kappa shape index (κ3) is 2.86. The van der Waals surface area contributed by atoms with Crippen LogP contribution < -0.4 is 5.73 Å². The van der Waals surface area contributed by atoms with E-state index in [9.17, 15) is 14.3 Å². The Balaban J connectivity index is 3.22. The Kier molecular flexibility index (Phi) is 4.81. The van der Waals surface area contributed by atoms with Crippen LogP contribution in [0.3, 0.4) is 0 Å². The van der Waals surface area contributed by atoms with Gasteiger partial charge in [0.15, 0.2) is 0 Å². The fourth-order valence-electron chi connectivity index (χ4n) is 2.06. The van der Waals surface area contributed by atoms with Crippen LogP contribution in [0.15, 0.2) is 24.3 Å². The zero-order valence-corrected chi connectivity index (χ0v) is 10.3. The van der Waals surface area contributed by atoms with E-state index in [1.807, 2.05) is 0 Å². The van der Waals surface area contributed by atoms with Gasteiger partial charge in [0.2, 0.25) is 0 Å². The predicted molar refractivity (Wildman–Crippen MR) is 65.6 cm³/mol. The molecule has 0 aromatic heterocycles. The largest absolute Gasteiger partial charge is 0.481 e. The summed E-state index contributed by atoms with van der Waals surface area (Å²) >= 11 is 0. The van der Waals surface area contributed by atoms with E-state index in [4.69, 9.17) is 10.8 Å². The molecule has 1 aromatic carbocycles. The molecule has 0 saturated carbocycles. The van der Waals surface area contributed by atoms with Crippen LogP contribution in [0.2, 0.25) is 0 Å². The quantitative estimate of drug-likeness (QED) is 0.711. The topological polar surface area (TPSA) is 83.5 Å². The number of carbonyl (C=O) groups is 1. The van der Waals surface area contributed by atoms with Crippen LogP contribution in [-0.4, -0.2) is 29.3 Å². The smallest absolute Gasteiger partial charge is 0.315 e. The SMILES string of the molecule is CC(CO)CC(CN)(C(=O)O)c1cccc(F)c1. The van der Waals surface area contributed by atoms with Crippen molar-refractivity contribution >= 4 is 5.97 Å². The number of aliphatic hydroxyl groups is 1. The standard InChI is InChI=1S/C13H18FNO3/c1-9(7-16)6-13(8-15,12(17)18)10-3-2-4-11(14)5-10/h2-5,9,16H,6-8,15H2,1H3,(H,17,18). The summed E-state index contributed by atoms with van der Waals surface area (Å²) < 4.78 is 13.2. The van der Waals surface area contributed by atoms with E-state index in [2.05, 4.69) is 0 Å². The number of carboxylic acids is 1. The van der Waals surface area contributed by atoms with Crippen molar-refractivity contribution in [3.05, 3.63) is 35.6 Å². The number of benzene rings is 1. The summed E-state index contributed by atoms with van der Waals surface area (Å²) in [5, 5.41) is 18.5.